The Labute approximate surface area is 122 Å². The summed E-state index contributed by atoms with van der Waals surface area (Å²) in [5.74, 6) is -0.112. The first-order chi connectivity index (χ1) is 9.65. The summed E-state index contributed by atoms with van der Waals surface area (Å²) in [5, 5.41) is 0. The van der Waals surface area contributed by atoms with E-state index in [1.807, 2.05) is 12.1 Å². The van der Waals surface area contributed by atoms with Crippen molar-refractivity contribution in [3.8, 4) is 0 Å². The zero-order chi connectivity index (χ0) is 14.4. The molecule has 1 aromatic rings. The highest BCUT2D eigenvalue weighted by molar-refractivity contribution is 5.20. The Morgan fingerprint density at radius 2 is 1.70 bits per heavy atom. The Hall–Kier alpha value is -0.930. The summed E-state index contributed by atoms with van der Waals surface area (Å²) in [6.07, 6.45) is 7.10. The molecule has 1 fully saturated rings. The third kappa shape index (κ3) is 3.80. The van der Waals surface area contributed by atoms with Crippen molar-refractivity contribution in [3.63, 3.8) is 0 Å². The number of nitrogens with zero attached hydrogens (tertiary/aromatic N) is 1. The van der Waals surface area contributed by atoms with Crippen LogP contribution >= 0.6 is 0 Å². The molecule has 2 nitrogen and oxygen atoms in total. The molecule has 20 heavy (non-hydrogen) atoms. The van der Waals surface area contributed by atoms with Crippen LogP contribution in [0.2, 0.25) is 0 Å². The van der Waals surface area contributed by atoms with Gasteiger partial charge in [-0.1, -0.05) is 37.5 Å². The quantitative estimate of drug-likeness (QED) is 0.915. The van der Waals surface area contributed by atoms with Gasteiger partial charge in [0.2, 0.25) is 0 Å². The molecule has 0 amide bonds. The molecule has 0 aromatic heterocycles. The van der Waals surface area contributed by atoms with E-state index in [0.717, 1.165) is 18.7 Å². The molecule has 1 unspecified atom stereocenters. The second-order valence-electron chi connectivity index (χ2n) is 6.22. The van der Waals surface area contributed by atoms with Crippen LogP contribution in [0.3, 0.4) is 0 Å². The maximum atomic E-state index is 13.9. The molecule has 0 spiro atoms. The summed E-state index contributed by atoms with van der Waals surface area (Å²) in [7, 11) is 0. The highest BCUT2D eigenvalue weighted by Crippen LogP contribution is 2.24. The summed E-state index contributed by atoms with van der Waals surface area (Å²) in [5.41, 5.74) is 6.70. The van der Waals surface area contributed by atoms with Crippen LogP contribution in [0.25, 0.3) is 0 Å². The number of rotatable bonds is 4. The maximum Gasteiger partial charge on any atom is 0.126 e. The van der Waals surface area contributed by atoms with Gasteiger partial charge in [-0.25, -0.2) is 4.39 Å². The fourth-order valence-electron chi connectivity index (χ4n) is 3.15. The SMILES string of the molecule is CC(CN)(Cc1ccccc1F)N1CCCCCCC1. The Balaban J connectivity index is 2.12. The number of likely N-dealkylation sites (tertiary alicyclic amines) is 1. The molecule has 1 atom stereocenters. The van der Waals surface area contributed by atoms with Crippen LogP contribution in [0.4, 0.5) is 4.39 Å². The van der Waals surface area contributed by atoms with E-state index in [1.165, 1.54) is 32.1 Å². The summed E-state index contributed by atoms with van der Waals surface area (Å²) < 4.78 is 13.9. The van der Waals surface area contributed by atoms with Crippen molar-refractivity contribution in [2.45, 2.75) is 51.0 Å². The van der Waals surface area contributed by atoms with Gasteiger partial charge >= 0.3 is 0 Å². The lowest BCUT2D eigenvalue weighted by molar-refractivity contribution is 0.0982. The molecule has 3 heteroatoms. The van der Waals surface area contributed by atoms with E-state index in [-0.39, 0.29) is 11.4 Å². The van der Waals surface area contributed by atoms with Gasteiger partial charge in [-0.3, -0.25) is 4.90 Å². The Kier molecular flexibility index (Phi) is 5.55. The summed E-state index contributed by atoms with van der Waals surface area (Å²) in [4.78, 5) is 2.48. The molecule has 1 heterocycles. The zero-order valence-corrected chi connectivity index (χ0v) is 12.6. The summed E-state index contributed by atoms with van der Waals surface area (Å²) in [6, 6.07) is 7.07. The zero-order valence-electron chi connectivity index (χ0n) is 12.6. The minimum absolute atomic E-state index is 0.112. The van der Waals surface area contributed by atoms with Crippen molar-refractivity contribution in [3.05, 3.63) is 35.6 Å². The van der Waals surface area contributed by atoms with E-state index in [4.69, 9.17) is 5.73 Å². The number of benzene rings is 1. The number of hydrogen-bond acceptors (Lipinski definition) is 2. The molecular weight excluding hydrogens is 251 g/mol. The van der Waals surface area contributed by atoms with Gasteiger partial charge in [0.1, 0.15) is 5.82 Å². The monoisotopic (exact) mass is 278 g/mol. The predicted octanol–water partition coefficient (Wildman–Crippen LogP) is 3.35. The van der Waals surface area contributed by atoms with Crippen molar-refractivity contribution in [2.24, 2.45) is 5.73 Å². The topological polar surface area (TPSA) is 29.3 Å². The van der Waals surface area contributed by atoms with E-state index in [1.54, 1.807) is 12.1 Å². The molecule has 1 aliphatic heterocycles. The summed E-state index contributed by atoms with van der Waals surface area (Å²) in [6.45, 7) is 4.92. The molecule has 2 rings (SSSR count). The van der Waals surface area contributed by atoms with Crippen LogP contribution in [0.5, 0.6) is 0 Å². The molecule has 1 aliphatic rings. The lowest BCUT2D eigenvalue weighted by atomic mass is 9.89. The van der Waals surface area contributed by atoms with Gasteiger partial charge in [0.25, 0.3) is 0 Å². The van der Waals surface area contributed by atoms with Gasteiger partial charge in [-0.2, -0.15) is 0 Å². The first-order valence-electron chi connectivity index (χ1n) is 7.84. The van der Waals surface area contributed by atoms with Crippen molar-refractivity contribution in [2.75, 3.05) is 19.6 Å². The minimum Gasteiger partial charge on any atom is -0.329 e. The minimum atomic E-state index is -0.139. The number of halogens is 1. The standard InChI is InChI=1S/C17H27FN2/c1-17(14-19,13-15-9-5-6-10-16(15)18)20-11-7-3-2-4-8-12-20/h5-6,9-10H,2-4,7-8,11-14,19H2,1H3. The second kappa shape index (κ2) is 7.19. The molecule has 112 valence electrons. The van der Waals surface area contributed by atoms with Gasteiger partial charge in [0.15, 0.2) is 0 Å². The van der Waals surface area contributed by atoms with Crippen LogP contribution in [-0.4, -0.2) is 30.1 Å². The third-order valence-corrected chi connectivity index (χ3v) is 4.59. The van der Waals surface area contributed by atoms with Gasteiger partial charge in [0, 0.05) is 12.1 Å². The molecule has 0 radical (unpaired) electrons. The lowest BCUT2D eigenvalue weighted by Gasteiger charge is -2.42. The molecule has 0 saturated carbocycles. The Morgan fingerprint density at radius 3 is 2.30 bits per heavy atom. The van der Waals surface area contributed by atoms with E-state index < -0.39 is 0 Å². The van der Waals surface area contributed by atoms with Crippen molar-refractivity contribution < 1.29 is 4.39 Å². The highest BCUT2D eigenvalue weighted by atomic mass is 19.1. The van der Waals surface area contributed by atoms with Gasteiger partial charge in [-0.05, 0) is 50.9 Å². The first kappa shape index (κ1) is 15.5. The van der Waals surface area contributed by atoms with E-state index in [2.05, 4.69) is 11.8 Å². The predicted molar refractivity (Wildman–Crippen MR) is 82.2 cm³/mol. The van der Waals surface area contributed by atoms with Crippen LogP contribution in [0, 0.1) is 5.82 Å². The van der Waals surface area contributed by atoms with Crippen LogP contribution < -0.4 is 5.73 Å². The van der Waals surface area contributed by atoms with E-state index in [0.29, 0.717) is 13.0 Å². The molecular formula is C17H27FN2. The number of nitrogens with two attached hydrogens (primary N) is 1. The lowest BCUT2D eigenvalue weighted by Crippen LogP contribution is -2.54. The second-order valence-corrected chi connectivity index (χ2v) is 6.22. The van der Waals surface area contributed by atoms with Crippen molar-refractivity contribution in [1.29, 1.82) is 0 Å². The van der Waals surface area contributed by atoms with Crippen molar-refractivity contribution >= 4 is 0 Å². The Bertz CT molecular complexity index is 413. The maximum absolute atomic E-state index is 13.9. The molecule has 1 aromatic carbocycles. The first-order valence-corrected chi connectivity index (χ1v) is 7.84. The van der Waals surface area contributed by atoms with Crippen molar-refractivity contribution in [1.82, 2.24) is 4.90 Å². The molecule has 1 saturated heterocycles. The highest BCUT2D eigenvalue weighted by Gasteiger charge is 2.31. The number of hydrogen-bond donors (Lipinski definition) is 1. The van der Waals surface area contributed by atoms with Gasteiger partial charge < -0.3 is 5.73 Å². The average Bonchev–Trinajstić information content (AvgIpc) is 2.41. The van der Waals surface area contributed by atoms with Gasteiger partial charge in [-0.15, -0.1) is 0 Å². The summed E-state index contributed by atoms with van der Waals surface area (Å²) >= 11 is 0. The average molecular weight is 278 g/mol. The normalized spacial score (nSPS) is 20.9. The largest absolute Gasteiger partial charge is 0.329 e. The molecule has 0 aliphatic carbocycles. The Morgan fingerprint density at radius 1 is 1.10 bits per heavy atom. The molecule has 0 bridgehead atoms. The van der Waals surface area contributed by atoms with E-state index in [9.17, 15) is 4.39 Å². The smallest absolute Gasteiger partial charge is 0.126 e. The third-order valence-electron chi connectivity index (χ3n) is 4.59. The van der Waals surface area contributed by atoms with Crippen LogP contribution in [-0.2, 0) is 6.42 Å². The fraction of sp³-hybridized carbons (Fsp3) is 0.647. The van der Waals surface area contributed by atoms with Gasteiger partial charge in [0.05, 0.1) is 0 Å². The van der Waals surface area contributed by atoms with Crippen LogP contribution in [0.15, 0.2) is 24.3 Å². The fourth-order valence-corrected chi connectivity index (χ4v) is 3.15. The molecule has 2 N–H and O–H groups in total. The van der Waals surface area contributed by atoms with Crippen LogP contribution in [0.1, 0.15) is 44.6 Å². The van der Waals surface area contributed by atoms with E-state index >= 15 is 0 Å².